The van der Waals surface area contributed by atoms with Crippen molar-refractivity contribution in [3.8, 4) is 11.4 Å². The molecule has 5 aromatic rings. The van der Waals surface area contributed by atoms with Gasteiger partial charge in [0, 0.05) is 110 Å². The zero-order valence-corrected chi connectivity index (χ0v) is 40.8. The summed E-state index contributed by atoms with van der Waals surface area (Å²) < 4.78 is 69.2. The van der Waals surface area contributed by atoms with Crippen molar-refractivity contribution in [1.82, 2.24) is 19.9 Å². The molecule has 1 aromatic heterocycles. The van der Waals surface area contributed by atoms with Crippen LogP contribution in [0.4, 0.5) is 40.3 Å². The van der Waals surface area contributed by atoms with Crippen LogP contribution in [0.2, 0.25) is 0 Å². The first-order valence-electron chi connectivity index (χ1n) is 24.2. The summed E-state index contributed by atoms with van der Waals surface area (Å²) in [5, 5.41) is 37.2. The number of carbonyl (C=O) groups is 6. The monoisotopic (exact) mass is 1070 g/mol. The summed E-state index contributed by atoms with van der Waals surface area (Å²) in [7, 11) is 0. The molecule has 406 valence electrons. The number of nitrogens with one attached hydrogen (secondary N) is 4. The number of anilines is 4. The minimum Gasteiger partial charge on any atom is -0.384 e. The van der Waals surface area contributed by atoms with E-state index in [0.717, 1.165) is 0 Å². The zero-order valence-electron chi connectivity index (χ0n) is 40.8. The smallest absolute Gasteiger partial charge is 0.384 e. The van der Waals surface area contributed by atoms with Crippen molar-refractivity contribution in [1.29, 1.82) is 5.41 Å². The summed E-state index contributed by atoms with van der Waals surface area (Å²) in [4.78, 5) is 96.3. The second kappa shape index (κ2) is 23.3. The van der Waals surface area contributed by atoms with E-state index in [1.807, 2.05) is 0 Å². The van der Waals surface area contributed by atoms with Crippen molar-refractivity contribution in [3.63, 3.8) is 0 Å². The Morgan fingerprint density at radius 1 is 0.636 bits per heavy atom. The summed E-state index contributed by atoms with van der Waals surface area (Å²) in [6, 6.07) is 24.6. The molecule has 4 fully saturated rings. The number of aliphatic hydroxyl groups is 2. The fourth-order valence-electron chi connectivity index (χ4n) is 8.74. The number of nitrogen functional groups attached to an aromatic ring is 1. The first-order chi connectivity index (χ1) is 36.7. The van der Waals surface area contributed by atoms with E-state index in [1.54, 1.807) is 42.5 Å². The highest BCUT2D eigenvalue weighted by atomic mass is 19.3. The molecule has 8 N–H and O–H groups in total. The average molecular weight is 1070 g/mol. The fourth-order valence-corrected chi connectivity index (χ4v) is 8.74. The number of rotatable bonds is 12. The van der Waals surface area contributed by atoms with Crippen LogP contribution in [0, 0.1) is 5.41 Å². The standard InChI is InChI=1S/C26H25F2N5O7.C25H27F2N5O5/c27-26(28)8-10-32(11-9-26)23(36)16-2-1-3-18(14-16)33-12-13-39-20(24(33)37)19(34)22(35)29-17-6-4-15(5-7-17)21-30-25(38)40-31-21;26-25(27)8-10-31(11-9-25)23(35)16-2-1-3-18(14-16)32-12-13-37-20(24(32)36)19(33)22(34)30-17-6-4-15(5-7-17)21(28)29/h1-7,14,19-20,34H,8-13H2,(H,29,35)(H,30,31,38);1-7,14,19-20,33H,8-13H2,(H3,28,29)(H,30,34)/t2*19-,20-/m11/s1. The summed E-state index contributed by atoms with van der Waals surface area (Å²) >= 11 is 0. The van der Waals surface area contributed by atoms with Crippen LogP contribution in [-0.4, -0.2) is 160 Å². The second-order valence-electron chi connectivity index (χ2n) is 18.3. The molecular weight excluding hydrogens is 1020 g/mol. The SMILES string of the molecule is N=C(N)c1ccc(NC(=O)[C@H](O)[C@H]2OCCN(c3cccc(C(=O)N4CCC(F)(F)CC4)c3)C2=O)cc1.O=C(Nc1ccc(-c2noc(=O)[nH]2)cc1)[C@H](O)[C@H]1OCCN(c2cccc(C(=O)N3CCC(F)(F)CC3)c2)C1=O. The molecule has 5 heterocycles. The van der Waals surface area contributed by atoms with Gasteiger partial charge in [-0.05, 0) is 84.9 Å². The van der Waals surface area contributed by atoms with Gasteiger partial charge in [0.15, 0.2) is 30.2 Å². The van der Waals surface area contributed by atoms with Gasteiger partial charge in [-0.3, -0.25) is 43.7 Å². The van der Waals surface area contributed by atoms with Gasteiger partial charge in [0.25, 0.3) is 47.3 Å². The van der Waals surface area contributed by atoms with E-state index in [1.165, 1.54) is 74.2 Å². The largest absolute Gasteiger partial charge is 0.439 e. The number of H-pyrrole nitrogens is 1. The Bertz CT molecular complexity index is 3060. The van der Waals surface area contributed by atoms with Crippen LogP contribution < -0.4 is 31.9 Å². The number of piperidine rings is 2. The van der Waals surface area contributed by atoms with Crippen LogP contribution in [0.25, 0.3) is 11.4 Å². The number of nitrogens with two attached hydrogens (primary N) is 1. The Labute approximate surface area is 435 Å². The highest BCUT2D eigenvalue weighted by Crippen LogP contribution is 2.31. The lowest BCUT2D eigenvalue weighted by Gasteiger charge is -2.34. The van der Waals surface area contributed by atoms with E-state index in [-0.39, 0.29) is 75.3 Å². The van der Waals surface area contributed by atoms with Crippen LogP contribution in [0.3, 0.4) is 0 Å². The summed E-state index contributed by atoms with van der Waals surface area (Å²) in [6.07, 6.45) is -8.26. The van der Waals surface area contributed by atoms with Gasteiger partial charge in [-0.25, -0.2) is 22.4 Å². The van der Waals surface area contributed by atoms with Gasteiger partial charge in [-0.2, -0.15) is 0 Å². The fraction of sp³-hybridized carbons (Fsp3) is 0.353. The minimum absolute atomic E-state index is 0.0186. The van der Waals surface area contributed by atoms with E-state index in [9.17, 15) is 61.3 Å². The maximum absolute atomic E-state index is 13.5. The van der Waals surface area contributed by atoms with Gasteiger partial charge < -0.3 is 55.7 Å². The molecule has 4 atom stereocenters. The number of hydrogen-bond donors (Lipinski definition) is 7. The van der Waals surface area contributed by atoms with Gasteiger partial charge in [0.1, 0.15) is 5.84 Å². The first-order valence-corrected chi connectivity index (χ1v) is 24.2. The van der Waals surface area contributed by atoms with Crippen molar-refractivity contribution < 1.29 is 70.5 Å². The molecule has 4 aliphatic heterocycles. The molecule has 22 nitrogen and oxygen atoms in total. The van der Waals surface area contributed by atoms with E-state index < -0.39 is 103 Å². The summed E-state index contributed by atoms with van der Waals surface area (Å²) in [6.45, 7) is 0.0301. The summed E-state index contributed by atoms with van der Waals surface area (Å²) in [5.41, 5.74) is 8.20. The number of halogens is 4. The third-order valence-electron chi connectivity index (χ3n) is 13.1. The van der Waals surface area contributed by atoms with Crippen LogP contribution in [0.1, 0.15) is 52.0 Å². The van der Waals surface area contributed by atoms with Gasteiger partial charge >= 0.3 is 5.76 Å². The lowest BCUT2D eigenvalue weighted by atomic mass is 10.0. The van der Waals surface area contributed by atoms with Crippen molar-refractivity contribution in [3.05, 3.63) is 124 Å². The van der Waals surface area contributed by atoms with E-state index in [0.29, 0.717) is 33.9 Å². The molecule has 9 rings (SSSR count). The topological polar surface area (TPSA) is 307 Å². The Balaban J connectivity index is 0.000000204. The number of aliphatic hydroxyl groups excluding tert-OH is 2. The molecule has 0 saturated carbocycles. The Kier molecular flexibility index (Phi) is 16.6. The number of hydrogen-bond acceptors (Lipinski definition) is 14. The third-order valence-corrected chi connectivity index (χ3v) is 13.1. The molecule has 6 amide bonds. The normalized spacial score (nSPS) is 20.0. The first kappa shape index (κ1) is 54.9. The number of nitrogens with zero attached hydrogens (tertiary/aromatic N) is 5. The molecule has 0 bridgehead atoms. The number of likely N-dealkylation sites (tertiary alicyclic amines) is 2. The van der Waals surface area contributed by atoms with Gasteiger partial charge in [0.2, 0.25) is 0 Å². The number of aromatic amines is 1. The molecule has 0 spiro atoms. The number of ether oxygens (including phenoxy) is 2. The Hall–Kier alpha value is -8.33. The number of aromatic nitrogens is 2. The van der Waals surface area contributed by atoms with Crippen molar-refractivity contribution >= 4 is 64.0 Å². The Morgan fingerprint density at radius 3 is 1.44 bits per heavy atom. The number of carbonyl (C=O) groups excluding carboxylic acids is 6. The molecule has 4 aliphatic rings. The van der Waals surface area contributed by atoms with Gasteiger partial charge in [0.05, 0.1) is 13.2 Å². The lowest BCUT2D eigenvalue weighted by Crippen LogP contribution is -2.55. The van der Waals surface area contributed by atoms with Gasteiger partial charge in [-0.1, -0.05) is 17.3 Å². The average Bonchev–Trinajstić information content (AvgIpc) is 3.87. The molecule has 4 saturated heterocycles. The molecule has 0 aliphatic carbocycles. The van der Waals surface area contributed by atoms with Gasteiger partial charge in [-0.15, -0.1) is 0 Å². The maximum atomic E-state index is 13.5. The predicted molar refractivity (Wildman–Crippen MR) is 267 cm³/mol. The maximum Gasteiger partial charge on any atom is 0.439 e. The van der Waals surface area contributed by atoms with Crippen molar-refractivity contribution in [2.24, 2.45) is 5.73 Å². The quantitative estimate of drug-likeness (QED) is 0.0537. The Morgan fingerprint density at radius 2 is 1.05 bits per heavy atom. The molecule has 0 radical (unpaired) electrons. The molecule has 4 aromatic carbocycles. The van der Waals surface area contributed by atoms with Crippen LogP contribution in [0.5, 0.6) is 0 Å². The highest BCUT2D eigenvalue weighted by molar-refractivity contribution is 6.06. The molecular formula is C51H52F4N10O12. The van der Waals surface area contributed by atoms with Crippen molar-refractivity contribution in [2.45, 2.75) is 61.9 Å². The number of amidine groups is 1. The minimum atomic E-state index is -2.79. The number of benzene rings is 4. The number of amides is 6. The molecule has 77 heavy (non-hydrogen) atoms. The predicted octanol–water partition coefficient (Wildman–Crippen LogP) is 3.21. The number of morpholine rings is 2. The highest BCUT2D eigenvalue weighted by Gasteiger charge is 2.42. The summed E-state index contributed by atoms with van der Waals surface area (Å²) in [5.74, 6) is -10.1. The molecule has 0 unspecified atom stereocenters. The van der Waals surface area contributed by atoms with E-state index in [4.69, 9.17) is 20.6 Å². The lowest BCUT2D eigenvalue weighted by molar-refractivity contribution is -0.150. The van der Waals surface area contributed by atoms with E-state index >= 15 is 0 Å². The number of alkyl halides is 4. The third kappa shape index (κ3) is 13.2. The van der Waals surface area contributed by atoms with Crippen LogP contribution in [0.15, 0.2) is 106 Å². The zero-order chi connectivity index (χ0) is 55.2. The van der Waals surface area contributed by atoms with E-state index in [2.05, 4.69) is 25.3 Å². The van der Waals surface area contributed by atoms with Crippen LogP contribution >= 0.6 is 0 Å². The second-order valence-corrected chi connectivity index (χ2v) is 18.3. The van der Waals surface area contributed by atoms with Crippen LogP contribution in [-0.2, 0) is 28.7 Å². The molecule has 26 heteroatoms. The van der Waals surface area contributed by atoms with Crippen molar-refractivity contribution in [2.75, 3.05) is 72.9 Å².